The van der Waals surface area contributed by atoms with E-state index in [1.807, 2.05) is 23.6 Å². The van der Waals surface area contributed by atoms with Gasteiger partial charge in [0.2, 0.25) is 5.91 Å². The van der Waals surface area contributed by atoms with Crippen molar-refractivity contribution in [3.8, 4) is 0 Å². The van der Waals surface area contributed by atoms with E-state index in [0.29, 0.717) is 0 Å². The molecule has 1 fully saturated rings. The molecule has 1 unspecified atom stereocenters. The molecule has 1 aliphatic heterocycles. The van der Waals surface area contributed by atoms with Crippen molar-refractivity contribution in [2.75, 3.05) is 6.54 Å². The van der Waals surface area contributed by atoms with Crippen LogP contribution >= 0.6 is 24.8 Å². The Hall–Kier alpha value is -0.780. The van der Waals surface area contributed by atoms with Crippen LogP contribution in [0.25, 0.3) is 0 Å². The van der Waals surface area contributed by atoms with Gasteiger partial charge in [-0.1, -0.05) is 0 Å². The number of aryl methyl sites for hydroxylation is 2. The van der Waals surface area contributed by atoms with Crippen molar-refractivity contribution in [2.24, 2.45) is 12.8 Å². The van der Waals surface area contributed by atoms with E-state index in [-0.39, 0.29) is 36.8 Å². The second-order valence-electron chi connectivity index (χ2n) is 6.09. The second kappa shape index (κ2) is 6.99. The average molecular weight is 337 g/mol. The maximum atomic E-state index is 12.5. The topological polar surface area (TPSA) is 64.2 Å². The standard InChI is InChI=1S/C14H24N4O.2ClH/c1-9-12(10(2)17(5)16-9)11-7-6-8-18(11)13(19)14(3,4)15;;/h11H,6-8,15H2,1-5H3;2*1H. The van der Waals surface area contributed by atoms with Crippen molar-refractivity contribution in [2.45, 2.75) is 52.1 Å². The number of hydrogen-bond donors (Lipinski definition) is 1. The number of aromatic nitrogens is 2. The van der Waals surface area contributed by atoms with Crippen LogP contribution in [0.15, 0.2) is 0 Å². The zero-order valence-electron chi connectivity index (χ0n) is 13.3. The van der Waals surface area contributed by atoms with Gasteiger partial charge in [0, 0.05) is 24.8 Å². The van der Waals surface area contributed by atoms with E-state index in [0.717, 1.165) is 30.8 Å². The van der Waals surface area contributed by atoms with E-state index in [4.69, 9.17) is 5.73 Å². The highest BCUT2D eigenvalue weighted by atomic mass is 35.5. The Bertz CT molecular complexity index is 508. The van der Waals surface area contributed by atoms with Crippen LogP contribution in [0.2, 0.25) is 0 Å². The molecule has 1 amide bonds. The van der Waals surface area contributed by atoms with Gasteiger partial charge in [0.05, 0.1) is 17.3 Å². The molecular formula is C14H26Cl2N4O. The van der Waals surface area contributed by atoms with Crippen LogP contribution in [-0.2, 0) is 11.8 Å². The number of amides is 1. The van der Waals surface area contributed by atoms with Gasteiger partial charge in [0.1, 0.15) is 0 Å². The second-order valence-corrected chi connectivity index (χ2v) is 6.09. The summed E-state index contributed by atoms with van der Waals surface area (Å²) in [5.74, 6) is 0.0256. The molecule has 1 aromatic rings. The molecular weight excluding hydrogens is 311 g/mol. The molecule has 0 bridgehead atoms. The van der Waals surface area contributed by atoms with Crippen LogP contribution in [0.3, 0.4) is 0 Å². The van der Waals surface area contributed by atoms with E-state index in [1.54, 1.807) is 13.8 Å². The summed E-state index contributed by atoms with van der Waals surface area (Å²) in [6.45, 7) is 8.40. The van der Waals surface area contributed by atoms with E-state index < -0.39 is 5.54 Å². The number of nitrogens with two attached hydrogens (primary N) is 1. The van der Waals surface area contributed by atoms with Gasteiger partial charge in [-0.15, -0.1) is 24.8 Å². The van der Waals surface area contributed by atoms with Crippen LogP contribution < -0.4 is 5.73 Å². The quantitative estimate of drug-likeness (QED) is 0.900. The third-order valence-corrected chi connectivity index (χ3v) is 3.96. The summed E-state index contributed by atoms with van der Waals surface area (Å²) in [7, 11) is 1.94. The van der Waals surface area contributed by atoms with Crippen LogP contribution in [0.1, 0.15) is 49.7 Å². The highest BCUT2D eigenvalue weighted by Gasteiger charge is 2.38. The number of halogens is 2. The summed E-state index contributed by atoms with van der Waals surface area (Å²) >= 11 is 0. The lowest BCUT2D eigenvalue weighted by molar-refractivity contribution is -0.136. The first-order chi connectivity index (χ1) is 8.73. The molecule has 1 saturated heterocycles. The lowest BCUT2D eigenvalue weighted by Gasteiger charge is -2.31. The third-order valence-electron chi connectivity index (χ3n) is 3.96. The molecule has 122 valence electrons. The number of carbonyl (C=O) groups excluding carboxylic acids is 1. The van der Waals surface area contributed by atoms with Crippen molar-refractivity contribution >= 4 is 30.7 Å². The predicted molar refractivity (Wildman–Crippen MR) is 89.1 cm³/mol. The molecule has 0 radical (unpaired) electrons. The van der Waals surface area contributed by atoms with Crippen molar-refractivity contribution in [3.63, 3.8) is 0 Å². The Balaban J connectivity index is 0.00000200. The molecule has 0 aromatic carbocycles. The SMILES string of the molecule is Cc1nn(C)c(C)c1C1CCCN1C(=O)C(C)(C)N.Cl.Cl. The maximum Gasteiger partial charge on any atom is 0.242 e. The van der Waals surface area contributed by atoms with Crippen LogP contribution in [0, 0.1) is 13.8 Å². The molecule has 1 aliphatic rings. The number of likely N-dealkylation sites (tertiary alicyclic amines) is 1. The number of nitrogens with zero attached hydrogens (tertiary/aromatic N) is 3. The average Bonchev–Trinajstić information content (AvgIpc) is 2.83. The summed E-state index contributed by atoms with van der Waals surface area (Å²) in [6.07, 6.45) is 2.02. The molecule has 2 N–H and O–H groups in total. The first-order valence-electron chi connectivity index (χ1n) is 6.83. The van der Waals surface area contributed by atoms with E-state index in [1.165, 1.54) is 5.56 Å². The first-order valence-corrected chi connectivity index (χ1v) is 6.83. The van der Waals surface area contributed by atoms with Gasteiger partial charge in [0.25, 0.3) is 0 Å². The van der Waals surface area contributed by atoms with Gasteiger partial charge in [-0.05, 0) is 40.5 Å². The van der Waals surface area contributed by atoms with Crippen LogP contribution in [0.4, 0.5) is 0 Å². The third kappa shape index (κ3) is 3.71. The van der Waals surface area contributed by atoms with Gasteiger partial charge < -0.3 is 10.6 Å². The molecule has 0 spiro atoms. The fraction of sp³-hybridized carbons (Fsp3) is 0.714. The lowest BCUT2D eigenvalue weighted by Crippen LogP contribution is -2.50. The summed E-state index contributed by atoms with van der Waals surface area (Å²) in [6, 6.07) is 0.129. The Morgan fingerprint density at radius 2 is 1.90 bits per heavy atom. The van der Waals surface area contributed by atoms with E-state index >= 15 is 0 Å². The molecule has 1 aromatic heterocycles. The summed E-state index contributed by atoms with van der Waals surface area (Å²) in [5, 5.41) is 4.46. The highest BCUT2D eigenvalue weighted by molar-refractivity contribution is 5.86. The first kappa shape index (κ1) is 20.2. The van der Waals surface area contributed by atoms with Gasteiger partial charge in [-0.2, -0.15) is 5.10 Å². The van der Waals surface area contributed by atoms with E-state index in [2.05, 4.69) is 12.0 Å². The summed E-state index contributed by atoms with van der Waals surface area (Å²) < 4.78 is 1.89. The van der Waals surface area contributed by atoms with Gasteiger partial charge in [-0.25, -0.2) is 0 Å². The lowest BCUT2D eigenvalue weighted by atomic mass is 9.99. The zero-order chi connectivity index (χ0) is 14.4. The van der Waals surface area contributed by atoms with Crippen molar-refractivity contribution in [3.05, 3.63) is 17.0 Å². The minimum atomic E-state index is -0.813. The summed E-state index contributed by atoms with van der Waals surface area (Å²) in [4.78, 5) is 14.4. The largest absolute Gasteiger partial charge is 0.334 e. The highest BCUT2D eigenvalue weighted by Crippen LogP contribution is 2.36. The Morgan fingerprint density at radius 3 is 2.33 bits per heavy atom. The number of carbonyl (C=O) groups is 1. The molecule has 1 atom stereocenters. The van der Waals surface area contributed by atoms with Crippen molar-refractivity contribution < 1.29 is 4.79 Å². The Labute approximate surface area is 139 Å². The van der Waals surface area contributed by atoms with Crippen molar-refractivity contribution in [1.82, 2.24) is 14.7 Å². The predicted octanol–water partition coefficient (Wildman–Crippen LogP) is 2.28. The summed E-state index contributed by atoms with van der Waals surface area (Å²) in [5.41, 5.74) is 8.50. The minimum absolute atomic E-state index is 0. The fourth-order valence-electron chi connectivity index (χ4n) is 2.95. The molecule has 21 heavy (non-hydrogen) atoms. The molecule has 2 heterocycles. The maximum absolute atomic E-state index is 12.5. The fourth-order valence-corrected chi connectivity index (χ4v) is 2.95. The zero-order valence-corrected chi connectivity index (χ0v) is 15.0. The molecule has 5 nitrogen and oxygen atoms in total. The van der Waals surface area contributed by atoms with Gasteiger partial charge in [0.15, 0.2) is 0 Å². The van der Waals surface area contributed by atoms with Crippen LogP contribution in [0.5, 0.6) is 0 Å². The molecule has 7 heteroatoms. The molecule has 0 aliphatic carbocycles. The number of rotatable bonds is 2. The monoisotopic (exact) mass is 336 g/mol. The Kier molecular flexibility index (Phi) is 6.73. The Morgan fingerprint density at radius 1 is 1.33 bits per heavy atom. The number of hydrogen-bond acceptors (Lipinski definition) is 3. The normalized spacial score (nSPS) is 18.2. The van der Waals surface area contributed by atoms with Gasteiger partial charge in [-0.3, -0.25) is 9.48 Å². The van der Waals surface area contributed by atoms with Crippen LogP contribution in [-0.4, -0.2) is 32.7 Å². The smallest absolute Gasteiger partial charge is 0.242 e. The molecule has 0 saturated carbocycles. The minimum Gasteiger partial charge on any atom is -0.334 e. The van der Waals surface area contributed by atoms with Crippen molar-refractivity contribution in [1.29, 1.82) is 0 Å². The van der Waals surface area contributed by atoms with Gasteiger partial charge >= 0.3 is 0 Å². The van der Waals surface area contributed by atoms with E-state index in [9.17, 15) is 4.79 Å². The molecule has 2 rings (SSSR count).